The monoisotopic (exact) mass is 398 g/mol. The fraction of sp³-hybridized carbons (Fsp3) is 0.250. The van der Waals surface area contributed by atoms with E-state index in [4.69, 9.17) is 9.47 Å². The van der Waals surface area contributed by atoms with E-state index in [1.165, 1.54) is 11.8 Å². The lowest BCUT2D eigenvalue weighted by atomic mass is 10.2. The van der Waals surface area contributed by atoms with Crippen LogP contribution in [-0.4, -0.2) is 40.1 Å². The van der Waals surface area contributed by atoms with Crippen molar-refractivity contribution in [3.8, 4) is 11.5 Å². The van der Waals surface area contributed by atoms with Gasteiger partial charge >= 0.3 is 0 Å². The lowest BCUT2D eigenvalue weighted by Gasteiger charge is -2.09. The van der Waals surface area contributed by atoms with E-state index in [0.29, 0.717) is 23.9 Å². The van der Waals surface area contributed by atoms with Crippen LogP contribution in [0, 0.1) is 0 Å². The number of carbonyl (C=O) groups excluding carboxylic acids is 1. The van der Waals surface area contributed by atoms with Crippen molar-refractivity contribution in [3.63, 3.8) is 0 Å². The van der Waals surface area contributed by atoms with Crippen LogP contribution in [0.4, 0.5) is 5.69 Å². The molecule has 1 heterocycles. The van der Waals surface area contributed by atoms with Crippen molar-refractivity contribution in [3.05, 3.63) is 60.4 Å². The molecule has 0 fully saturated rings. The molecule has 3 rings (SSSR count). The van der Waals surface area contributed by atoms with Crippen LogP contribution in [0.3, 0.4) is 0 Å². The van der Waals surface area contributed by atoms with E-state index in [0.717, 1.165) is 16.7 Å². The standard InChI is InChI=1S/C20H22N4O3S/c1-24-18(14-19(25)21-16-10-6-7-11-17(16)26-2)22-23-20(24)28-13-12-27-15-8-4-3-5-9-15/h3-11H,12-14H2,1-2H3,(H,21,25). The molecular weight excluding hydrogens is 376 g/mol. The normalized spacial score (nSPS) is 10.5. The Hall–Kier alpha value is -3.00. The molecule has 28 heavy (non-hydrogen) atoms. The minimum atomic E-state index is -0.177. The van der Waals surface area contributed by atoms with Gasteiger partial charge in [0.15, 0.2) is 5.16 Å². The molecule has 0 radical (unpaired) electrons. The number of benzene rings is 2. The van der Waals surface area contributed by atoms with Gasteiger partial charge in [0.25, 0.3) is 0 Å². The lowest BCUT2D eigenvalue weighted by Crippen LogP contribution is -2.17. The summed E-state index contributed by atoms with van der Waals surface area (Å²) in [5, 5.41) is 11.9. The molecule has 1 N–H and O–H groups in total. The highest BCUT2D eigenvalue weighted by Crippen LogP contribution is 2.23. The number of nitrogens with one attached hydrogen (secondary N) is 1. The van der Waals surface area contributed by atoms with E-state index in [1.807, 2.05) is 54.1 Å². The van der Waals surface area contributed by atoms with Crippen molar-refractivity contribution >= 4 is 23.4 Å². The number of hydrogen-bond acceptors (Lipinski definition) is 6. The molecule has 0 aliphatic rings. The zero-order valence-corrected chi connectivity index (χ0v) is 16.6. The molecule has 0 unspecified atom stereocenters. The average Bonchev–Trinajstić information content (AvgIpc) is 3.06. The van der Waals surface area contributed by atoms with E-state index in [-0.39, 0.29) is 12.3 Å². The van der Waals surface area contributed by atoms with Gasteiger partial charge in [0.2, 0.25) is 5.91 Å². The predicted molar refractivity (Wildman–Crippen MR) is 109 cm³/mol. The maximum absolute atomic E-state index is 12.4. The van der Waals surface area contributed by atoms with Crippen molar-refractivity contribution in [1.29, 1.82) is 0 Å². The first kappa shape index (κ1) is 19.8. The molecule has 1 aromatic heterocycles. The Bertz CT molecular complexity index is 915. The molecule has 0 aliphatic carbocycles. The maximum Gasteiger partial charge on any atom is 0.232 e. The van der Waals surface area contributed by atoms with E-state index in [2.05, 4.69) is 15.5 Å². The number of anilines is 1. The highest BCUT2D eigenvalue weighted by molar-refractivity contribution is 7.99. The van der Waals surface area contributed by atoms with Crippen LogP contribution in [-0.2, 0) is 18.3 Å². The molecule has 3 aromatic rings. The minimum Gasteiger partial charge on any atom is -0.495 e. The smallest absolute Gasteiger partial charge is 0.232 e. The summed E-state index contributed by atoms with van der Waals surface area (Å²) in [6.07, 6.45) is 0.128. The van der Waals surface area contributed by atoms with Gasteiger partial charge in [-0.05, 0) is 24.3 Å². The maximum atomic E-state index is 12.4. The number of methoxy groups -OCH3 is 1. The van der Waals surface area contributed by atoms with Gasteiger partial charge in [0.1, 0.15) is 17.3 Å². The second-order valence-electron chi connectivity index (χ2n) is 5.89. The van der Waals surface area contributed by atoms with E-state index in [1.54, 1.807) is 19.2 Å². The molecule has 8 heteroatoms. The van der Waals surface area contributed by atoms with Gasteiger partial charge in [-0.25, -0.2) is 0 Å². The van der Waals surface area contributed by atoms with Crippen molar-refractivity contribution in [1.82, 2.24) is 14.8 Å². The van der Waals surface area contributed by atoms with Gasteiger partial charge in [-0.1, -0.05) is 42.1 Å². The van der Waals surface area contributed by atoms with Crippen LogP contribution >= 0.6 is 11.8 Å². The molecule has 0 spiro atoms. The molecule has 0 atom stereocenters. The SMILES string of the molecule is COc1ccccc1NC(=O)Cc1nnc(SCCOc2ccccc2)n1C. The van der Waals surface area contributed by atoms with E-state index in [9.17, 15) is 4.79 Å². The molecule has 1 amide bonds. The van der Waals surface area contributed by atoms with Crippen LogP contribution in [0.25, 0.3) is 0 Å². The molecule has 0 bridgehead atoms. The number of ether oxygens (including phenoxy) is 2. The lowest BCUT2D eigenvalue weighted by molar-refractivity contribution is -0.115. The third-order valence-electron chi connectivity index (χ3n) is 3.95. The largest absolute Gasteiger partial charge is 0.495 e. The topological polar surface area (TPSA) is 78.3 Å². The zero-order valence-electron chi connectivity index (χ0n) is 15.8. The minimum absolute atomic E-state index is 0.128. The quantitative estimate of drug-likeness (QED) is 0.441. The van der Waals surface area contributed by atoms with E-state index < -0.39 is 0 Å². The second-order valence-corrected chi connectivity index (χ2v) is 6.96. The molecule has 0 aliphatic heterocycles. The number of nitrogens with zero attached hydrogens (tertiary/aromatic N) is 3. The van der Waals surface area contributed by atoms with Gasteiger partial charge in [0, 0.05) is 12.8 Å². The van der Waals surface area contributed by atoms with Crippen LogP contribution in [0.2, 0.25) is 0 Å². The van der Waals surface area contributed by atoms with Crippen LogP contribution in [0.5, 0.6) is 11.5 Å². The summed E-state index contributed by atoms with van der Waals surface area (Å²) in [7, 11) is 3.42. The number of hydrogen-bond donors (Lipinski definition) is 1. The average molecular weight is 398 g/mol. The van der Waals surface area contributed by atoms with Gasteiger partial charge in [-0.3, -0.25) is 4.79 Å². The Balaban J connectivity index is 1.50. The first-order valence-corrected chi connectivity index (χ1v) is 9.77. The zero-order chi connectivity index (χ0) is 19.8. The molecule has 7 nitrogen and oxygen atoms in total. The predicted octanol–water partition coefficient (Wildman–Crippen LogP) is 3.18. The second kappa shape index (κ2) is 9.80. The summed E-state index contributed by atoms with van der Waals surface area (Å²) in [6.45, 7) is 0.561. The summed E-state index contributed by atoms with van der Waals surface area (Å²) in [5.41, 5.74) is 0.629. The fourth-order valence-electron chi connectivity index (χ4n) is 2.52. The highest BCUT2D eigenvalue weighted by atomic mass is 32.2. The third kappa shape index (κ3) is 5.26. The van der Waals surface area contributed by atoms with Gasteiger partial charge in [-0.2, -0.15) is 0 Å². The molecule has 0 saturated heterocycles. The Labute approximate surface area is 168 Å². The van der Waals surface area contributed by atoms with E-state index >= 15 is 0 Å². The third-order valence-corrected chi connectivity index (χ3v) is 4.94. The van der Waals surface area contributed by atoms with Gasteiger partial charge in [-0.15, -0.1) is 10.2 Å². The van der Waals surface area contributed by atoms with Crippen molar-refractivity contribution < 1.29 is 14.3 Å². The molecule has 0 saturated carbocycles. The number of carbonyl (C=O) groups is 1. The number of aromatic nitrogens is 3. The summed E-state index contributed by atoms with van der Waals surface area (Å²) >= 11 is 1.54. The summed E-state index contributed by atoms with van der Waals surface area (Å²) in [4.78, 5) is 12.4. The molecule has 146 valence electrons. The number of rotatable bonds is 9. The fourth-order valence-corrected chi connectivity index (χ4v) is 3.27. The van der Waals surface area contributed by atoms with Crippen molar-refractivity contribution in [2.24, 2.45) is 7.05 Å². The number of para-hydroxylation sites is 3. The van der Waals surface area contributed by atoms with Crippen LogP contribution < -0.4 is 14.8 Å². The molecular formula is C20H22N4O3S. The Morgan fingerprint density at radius 2 is 1.86 bits per heavy atom. The summed E-state index contributed by atoms with van der Waals surface area (Å²) < 4.78 is 12.7. The Morgan fingerprint density at radius 1 is 1.11 bits per heavy atom. The van der Waals surface area contributed by atoms with Gasteiger partial charge in [0.05, 0.1) is 25.8 Å². The Kier molecular flexibility index (Phi) is 6.91. The van der Waals surface area contributed by atoms with Crippen LogP contribution in [0.15, 0.2) is 59.8 Å². The van der Waals surface area contributed by atoms with Gasteiger partial charge < -0.3 is 19.4 Å². The highest BCUT2D eigenvalue weighted by Gasteiger charge is 2.14. The Morgan fingerprint density at radius 3 is 2.64 bits per heavy atom. The number of amides is 1. The molecule has 2 aromatic carbocycles. The van der Waals surface area contributed by atoms with Crippen molar-refractivity contribution in [2.75, 3.05) is 24.8 Å². The van der Waals surface area contributed by atoms with Crippen LogP contribution in [0.1, 0.15) is 5.82 Å². The number of thioether (sulfide) groups is 1. The van der Waals surface area contributed by atoms with Crippen molar-refractivity contribution in [2.45, 2.75) is 11.6 Å². The first-order chi connectivity index (χ1) is 13.7. The first-order valence-electron chi connectivity index (χ1n) is 8.79. The summed E-state index contributed by atoms with van der Waals surface area (Å²) in [5.74, 6) is 2.61. The summed E-state index contributed by atoms with van der Waals surface area (Å²) in [6, 6.07) is 16.9.